The zero-order valence-electron chi connectivity index (χ0n) is 7.94. The van der Waals surface area contributed by atoms with Gasteiger partial charge in [0.25, 0.3) is 0 Å². The number of rotatable bonds is 3. The van der Waals surface area contributed by atoms with Crippen LogP contribution in [0.3, 0.4) is 0 Å². The maximum Gasteiger partial charge on any atom is 0.147 e. The first-order chi connectivity index (χ1) is 6.00. The van der Waals surface area contributed by atoms with Gasteiger partial charge in [-0.05, 0) is 13.8 Å². The fourth-order valence-corrected chi connectivity index (χ4v) is 1.07. The van der Waals surface area contributed by atoms with Crippen molar-refractivity contribution < 1.29 is 9.90 Å². The molecule has 0 saturated heterocycles. The Balaban J connectivity index is 2.74. The lowest BCUT2D eigenvalue weighted by Gasteiger charge is -2.12. The average molecular weight is 182 g/mol. The van der Waals surface area contributed by atoms with Crippen LogP contribution >= 0.6 is 0 Å². The van der Waals surface area contributed by atoms with E-state index in [2.05, 4.69) is 10.1 Å². The molecule has 5 heteroatoms. The fraction of sp³-hybridized carbons (Fsp3) is 0.625. The van der Waals surface area contributed by atoms with Crippen molar-refractivity contribution in [1.82, 2.24) is 14.8 Å². The largest absolute Gasteiger partial charge is 0.550 e. The molecule has 0 fully saturated rings. The molecular weight excluding hydrogens is 170 g/mol. The molecule has 0 aliphatic rings. The van der Waals surface area contributed by atoms with Crippen molar-refractivity contribution in [2.75, 3.05) is 0 Å². The molecule has 0 N–H and O–H groups in total. The van der Waals surface area contributed by atoms with E-state index in [0.717, 1.165) is 5.82 Å². The van der Waals surface area contributed by atoms with Crippen LogP contribution in [0, 0.1) is 19.8 Å². The van der Waals surface area contributed by atoms with Crippen molar-refractivity contribution in [1.29, 1.82) is 0 Å². The molecule has 0 amide bonds. The Kier molecular flexibility index (Phi) is 2.65. The first-order valence-corrected chi connectivity index (χ1v) is 4.09. The lowest BCUT2D eigenvalue weighted by Crippen LogP contribution is -2.32. The summed E-state index contributed by atoms with van der Waals surface area (Å²) in [7, 11) is 0. The molecule has 1 aromatic heterocycles. The molecule has 0 unspecified atom stereocenters. The van der Waals surface area contributed by atoms with Gasteiger partial charge in [-0.2, -0.15) is 5.10 Å². The van der Waals surface area contributed by atoms with Crippen LogP contribution in [-0.4, -0.2) is 20.7 Å². The minimum atomic E-state index is -1.06. The normalized spacial score (nSPS) is 12.8. The van der Waals surface area contributed by atoms with Crippen LogP contribution in [0.25, 0.3) is 0 Å². The Hall–Kier alpha value is -1.39. The number of carbonyl (C=O) groups excluding carboxylic acids is 1. The topological polar surface area (TPSA) is 70.8 Å². The standard InChI is InChI=1S/C8H13N3O2/c1-5(8(12)13)4-11-7(3)9-6(2)10-11/h5H,4H2,1-3H3,(H,12,13)/p-1/t5-/m0/s1. The molecule has 13 heavy (non-hydrogen) atoms. The summed E-state index contributed by atoms with van der Waals surface area (Å²) in [5, 5.41) is 14.5. The Morgan fingerprint density at radius 3 is 2.62 bits per heavy atom. The van der Waals surface area contributed by atoms with Gasteiger partial charge in [-0.1, -0.05) is 6.92 Å². The monoisotopic (exact) mass is 182 g/mol. The van der Waals surface area contributed by atoms with E-state index in [0.29, 0.717) is 12.4 Å². The van der Waals surface area contributed by atoms with Crippen molar-refractivity contribution in [3.8, 4) is 0 Å². The SMILES string of the molecule is Cc1nc(C)n(C[C@H](C)C(=O)[O-])n1. The summed E-state index contributed by atoms with van der Waals surface area (Å²) in [5.74, 6) is -0.221. The highest BCUT2D eigenvalue weighted by atomic mass is 16.4. The van der Waals surface area contributed by atoms with Gasteiger partial charge in [0.1, 0.15) is 11.6 Å². The van der Waals surface area contributed by atoms with E-state index >= 15 is 0 Å². The zero-order valence-corrected chi connectivity index (χ0v) is 7.94. The lowest BCUT2D eigenvalue weighted by molar-refractivity contribution is -0.311. The number of carboxylic acid groups (broad SMARTS) is 1. The third-order valence-electron chi connectivity index (χ3n) is 1.81. The Morgan fingerprint density at radius 2 is 2.23 bits per heavy atom. The summed E-state index contributed by atoms with van der Waals surface area (Å²) < 4.78 is 1.58. The number of carboxylic acids is 1. The van der Waals surface area contributed by atoms with E-state index < -0.39 is 11.9 Å². The summed E-state index contributed by atoms with van der Waals surface area (Å²) in [6.45, 7) is 5.47. The number of carbonyl (C=O) groups is 1. The van der Waals surface area contributed by atoms with Crippen LogP contribution in [0.1, 0.15) is 18.6 Å². The second-order valence-corrected chi connectivity index (χ2v) is 3.11. The van der Waals surface area contributed by atoms with Crippen molar-refractivity contribution in [3.05, 3.63) is 11.6 Å². The van der Waals surface area contributed by atoms with Gasteiger partial charge in [0.2, 0.25) is 0 Å². The van der Waals surface area contributed by atoms with E-state index in [1.807, 2.05) is 0 Å². The Bertz CT molecular complexity index is 319. The molecule has 1 rings (SSSR count). The van der Waals surface area contributed by atoms with Crippen LogP contribution in [0.2, 0.25) is 0 Å². The molecule has 0 aliphatic heterocycles. The van der Waals surface area contributed by atoms with Crippen LogP contribution in [0.15, 0.2) is 0 Å². The van der Waals surface area contributed by atoms with Gasteiger partial charge in [-0.3, -0.25) is 0 Å². The van der Waals surface area contributed by atoms with Crippen LogP contribution < -0.4 is 5.11 Å². The molecular formula is C8H12N3O2-. The Labute approximate surface area is 76.4 Å². The lowest BCUT2D eigenvalue weighted by atomic mass is 10.2. The number of nitrogens with zero attached hydrogens (tertiary/aromatic N) is 3. The van der Waals surface area contributed by atoms with Gasteiger partial charge < -0.3 is 9.90 Å². The summed E-state index contributed by atoms with van der Waals surface area (Å²) in [6, 6.07) is 0. The van der Waals surface area contributed by atoms with Crippen LogP contribution in [-0.2, 0) is 11.3 Å². The molecule has 1 heterocycles. The maximum atomic E-state index is 10.4. The summed E-state index contributed by atoms with van der Waals surface area (Å²) in [4.78, 5) is 14.5. The molecule has 5 nitrogen and oxygen atoms in total. The summed E-state index contributed by atoms with van der Waals surface area (Å²) in [6.07, 6.45) is 0. The van der Waals surface area contributed by atoms with E-state index in [1.165, 1.54) is 0 Å². The van der Waals surface area contributed by atoms with E-state index in [9.17, 15) is 9.90 Å². The van der Waals surface area contributed by atoms with Crippen molar-refractivity contribution in [2.45, 2.75) is 27.3 Å². The molecule has 0 aromatic carbocycles. The van der Waals surface area contributed by atoms with Gasteiger partial charge in [-0.15, -0.1) is 0 Å². The van der Waals surface area contributed by atoms with Gasteiger partial charge in [0.15, 0.2) is 0 Å². The van der Waals surface area contributed by atoms with Gasteiger partial charge >= 0.3 is 0 Å². The second kappa shape index (κ2) is 3.55. The molecule has 0 aliphatic carbocycles. The molecule has 1 aromatic rings. The molecule has 0 bridgehead atoms. The minimum Gasteiger partial charge on any atom is -0.550 e. The number of aryl methyl sites for hydroxylation is 2. The van der Waals surface area contributed by atoms with Crippen molar-refractivity contribution in [3.63, 3.8) is 0 Å². The quantitative estimate of drug-likeness (QED) is 0.618. The molecule has 0 spiro atoms. The number of hydrogen-bond acceptors (Lipinski definition) is 4. The third-order valence-corrected chi connectivity index (χ3v) is 1.81. The minimum absolute atomic E-state index is 0.314. The van der Waals surface area contributed by atoms with E-state index in [-0.39, 0.29) is 0 Å². The molecule has 72 valence electrons. The summed E-state index contributed by atoms with van der Waals surface area (Å²) in [5.41, 5.74) is 0. The molecule has 0 radical (unpaired) electrons. The van der Waals surface area contributed by atoms with E-state index in [4.69, 9.17) is 0 Å². The number of hydrogen-bond donors (Lipinski definition) is 0. The van der Waals surface area contributed by atoms with E-state index in [1.54, 1.807) is 25.5 Å². The fourth-order valence-electron chi connectivity index (χ4n) is 1.07. The zero-order chi connectivity index (χ0) is 10.0. The summed E-state index contributed by atoms with van der Waals surface area (Å²) >= 11 is 0. The van der Waals surface area contributed by atoms with Crippen LogP contribution in [0.4, 0.5) is 0 Å². The van der Waals surface area contributed by atoms with Crippen molar-refractivity contribution in [2.24, 2.45) is 5.92 Å². The predicted octanol–water partition coefficient (Wildman–Crippen LogP) is -0.719. The molecule has 1 atom stereocenters. The number of aliphatic carboxylic acids is 1. The molecule has 0 saturated carbocycles. The highest BCUT2D eigenvalue weighted by molar-refractivity contribution is 5.66. The smallest absolute Gasteiger partial charge is 0.147 e. The highest BCUT2D eigenvalue weighted by Crippen LogP contribution is 2.01. The third kappa shape index (κ3) is 2.27. The van der Waals surface area contributed by atoms with Gasteiger partial charge in [0.05, 0.1) is 6.54 Å². The van der Waals surface area contributed by atoms with Gasteiger partial charge in [-0.25, -0.2) is 9.67 Å². The Morgan fingerprint density at radius 1 is 1.62 bits per heavy atom. The van der Waals surface area contributed by atoms with Crippen molar-refractivity contribution >= 4 is 5.97 Å². The first-order valence-electron chi connectivity index (χ1n) is 4.09. The number of aromatic nitrogens is 3. The highest BCUT2D eigenvalue weighted by Gasteiger charge is 2.07. The van der Waals surface area contributed by atoms with Crippen LogP contribution in [0.5, 0.6) is 0 Å². The first kappa shape index (κ1) is 9.70. The predicted molar refractivity (Wildman–Crippen MR) is 43.7 cm³/mol. The average Bonchev–Trinajstić information content (AvgIpc) is 2.30. The second-order valence-electron chi connectivity index (χ2n) is 3.11. The van der Waals surface area contributed by atoms with Gasteiger partial charge in [0, 0.05) is 11.9 Å². The maximum absolute atomic E-state index is 10.4.